The third-order valence-electron chi connectivity index (χ3n) is 4.77. The number of piperidine rings is 1. The Balaban J connectivity index is 1.70. The van der Waals surface area contributed by atoms with Gasteiger partial charge in [-0.15, -0.1) is 0 Å². The number of rotatable bonds is 7. The van der Waals surface area contributed by atoms with E-state index in [1.165, 1.54) is 13.2 Å². The number of benzene rings is 2. The van der Waals surface area contributed by atoms with E-state index in [-0.39, 0.29) is 5.75 Å². The van der Waals surface area contributed by atoms with Gasteiger partial charge < -0.3 is 10.1 Å². The summed E-state index contributed by atoms with van der Waals surface area (Å²) in [7, 11) is -2.06. The molecule has 1 N–H and O–H groups in total. The monoisotopic (exact) mass is 392 g/mol. The first kappa shape index (κ1) is 19.8. The van der Waals surface area contributed by atoms with Crippen LogP contribution in [-0.4, -0.2) is 32.9 Å². The standard InChI is InChI=1S/C20H25FN2O3S/c1-26-19-10-9-16(13-18(19)21)14-22-15-17-7-3-4-8-20(17)27(24,25)23-11-5-2-6-12-23/h3-4,7-10,13,22H,2,5-6,11-12,14-15H2,1H3. The molecule has 0 aliphatic carbocycles. The first-order valence-corrected chi connectivity index (χ1v) is 10.6. The first-order valence-electron chi connectivity index (χ1n) is 9.13. The summed E-state index contributed by atoms with van der Waals surface area (Å²) in [6.45, 7) is 1.97. The van der Waals surface area contributed by atoms with Gasteiger partial charge in [-0.2, -0.15) is 4.31 Å². The highest BCUT2D eigenvalue weighted by Crippen LogP contribution is 2.24. The zero-order valence-corrected chi connectivity index (χ0v) is 16.3. The van der Waals surface area contributed by atoms with Crippen LogP contribution in [0.5, 0.6) is 5.75 Å². The van der Waals surface area contributed by atoms with Crippen molar-refractivity contribution in [3.05, 3.63) is 59.4 Å². The maximum Gasteiger partial charge on any atom is 0.243 e. The van der Waals surface area contributed by atoms with E-state index >= 15 is 0 Å². The quantitative estimate of drug-likeness (QED) is 0.786. The molecule has 0 aromatic heterocycles. The molecule has 146 valence electrons. The summed E-state index contributed by atoms with van der Waals surface area (Å²) in [4.78, 5) is 0.348. The van der Waals surface area contributed by atoms with Crippen LogP contribution in [0.25, 0.3) is 0 Å². The van der Waals surface area contributed by atoms with Crippen molar-refractivity contribution in [2.75, 3.05) is 20.2 Å². The Bertz CT molecular complexity index is 881. The lowest BCUT2D eigenvalue weighted by Gasteiger charge is -2.26. The lowest BCUT2D eigenvalue weighted by Crippen LogP contribution is -2.36. The number of nitrogens with zero attached hydrogens (tertiary/aromatic N) is 1. The summed E-state index contributed by atoms with van der Waals surface area (Å²) in [5, 5.41) is 3.21. The minimum Gasteiger partial charge on any atom is -0.494 e. The van der Waals surface area contributed by atoms with Crippen molar-refractivity contribution in [3.63, 3.8) is 0 Å². The molecule has 1 aliphatic heterocycles. The van der Waals surface area contributed by atoms with E-state index in [9.17, 15) is 12.8 Å². The van der Waals surface area contributed by atoms with E-state index in [1.54, 1.807) is 28.6 Å². The normalized spacial score (nSPS) is 15.6. The molecule has 1 heterocycles. The van der Waals surface area contributed by atoms with E-state index in [1.807, 2.05) is 12.1 Å². The van der Waals surface area contributed by atoms with Crippen LogP contribution < -0.4 is 10.1 Å². The third-order valence-corrected chi connectivity index (χ3v) is 6.77. The maximum absolute atomic E-state index is 13.8. The molecule has 0 spiro atoms. The average Bonchev–Trinajstić information content (AvgIpc) is 2.69. The van der Waals surface area contributed by atoms with Crippen LogP contribution in [0.2, 0.25) is 0 Å². The fourth-order valence-corrected chi connectivity index (χ4v) is 5.05. The van der Waals surface area contributed by atoms with Gasteiger partial charge in [0.1, 0.15) is 0 Å². The number of sulfonamides is 1. The van der Waals surface area contributed by atoms with Crippen LogP contribution in [0.1, 0.15) is 30.4 Å². The summed E-state index contributed by atoms with van der Waals surface area (Å²) < 4.78 is 46.3. The van der Waals surface area contributed by atoms with Gasteiger partial charge in [-0.05, 0) is 42.2 Å². The van der Waals surface area contributed by atoms with Crippen LogP contribution >= 0.6 is 0 Å². The molecule has 0 radical (unpaired) electrons. The molecule has 0 unspecified atom stereocenters. The van der Waals surface area contributed by atoms with Crippen molar-refractivity contribution in [1.29, 1.82) is 0 Å². The summed E-state index contributed by atoms with van der Waals surface area (Å²) in [6.07, 6.45) is 2.89. The fraction of sp³-hybridized carbons (Fsp3) is 0.400. The Hall–Kier alpha value is -1.96. The second-order valence-electron chi connectivity index (χ2n) is 6.64. The number of hydrogen-bond acceptors (Lipinski definition) is 4. The average molecular weight is 392 g/mol. The van der Waals surface area contributed by atoms with E-state index in [2.05, 4.69) is 5.32 Å². The second kappa shape index (κ2) is 8.82. The highest BCUT2D eigenvalue weighted by molar-refractivity contribution is 7.89. The van der Waals surface area contributed by atoms with Crippen LogP contribution in [-0.2, 0) is 23.1 Å². The van der Waals surface area contributed by atoms with Crippen molar-refractivity contribution >= 4 is 10.0 Å². The van der Waals surface area contributed by atoms with Crippen molar-refractivity contribution in [2.45, 2.75) is 37.2 Å². The number of ether oxygens (including phenoxy) is 1. The Morgan fingerprint density at radius 1 is 1.07 bits per heavy atom. The van der Waals surface area contributed by atoms with Crippen LogP contribution in [0.4, 0.5) is 4.39 Å². The molecule has 0 atom stereocenters. The zero-order chi connectivity index (χ0) is 19.3. The number of hydrogen-bond donors (Lipinski definition) is 1. The van der Waals surface area contributed by atoms with Crippen molar-refractivity contribution in [1.82, 2.24) is 9.62 Å². The predicted octanol–water partition coefficient (Wildman–Crippen LogP) is 3.30. The number of nitrogens with one attached hydrogen (secondary N) is 1. The van der Waals surface area contributed by atoms with E-state index in [4.69, 9.17) is 4.74 Å². The Kier molecular flexibility index (Phi) is 6.46. The highest BCUT2D eigenvalue weighted by atomic mass is 32.2. The molecule has 5 nitrogen and oxygen atoms in total. The minimum atomic E-state index is -3.49. The first-order chi connectivity index (χ1) is 13.0. The number of halogens is 1. The van der Waals surface area contributed by atoms with Gasteiger partial charge in [-0.3, -0.25) is 0 Å². The Labute approximate surface area is 160 Å². The van der Waals surface area contributed by atoms with E-state index in [0.29, 0.717) is 31.1 Å². The Morgan fingerprint density at radius 3 is 2.52 bits per heavy atom. The summed E-state index contributed by atoms with van der Waals surface area (Å²) in [5.74, 6) is -0.207. The lowest BCUT2D eigenvalue weighted by molar-refractivity contribution is 0.346. The van der Waals surface area contributed by atoms with Gasteiger partial charge >= 0.3 is 0 Å². The van der Waals surface area contributed by atoms with Crippen molar-refractivity contribution < 1.29 is 17.5 Å². The van der Waals surface area contributed by atoms with Gasteiger partial charge in [0, 0.05) is 26.2 Å². The molecule has 1 saturated heterocycles. The van der Waals surface area contributed by atoms with Gasteiger partial charge in [0.2, 0.25) is 10.0 Å². The predicted molar refractivity (Wildman–Crippen MR) is 103 cm³/mol. The fourth-order valence-electron chi connectivity index (χ4n) is 3.31. The lowest BCUT2D eigenvalue weighted by atomic mass is 10.2. The molecule has 1 fully saturated rings. The van der Waals surface area contributed by atoms with Gasteiger partial charge in [0.05, 0.1) is 12.0 Å². The highest BCUT2D eigenvalue weighted by Gasteiger charge is 2.27. The molecule has 27 heavy (non-hydrogen) atoms. The topological polar surface area (TPSA) is 58.6 Å². The minimum absolute atomic E-state index is 0.205. The summed E-state index contributed by atoms with van der Waals surface area (Å²) in [6, 6.07) is 11.8. The molecule has 0 amide bonds. The zero-order valence-electron chi connectivity index (χ0n) is 15.4. The Morgan fingerprint density at radius 2 is 1.81 bits per heavy atom. The molecule has 1 aliphatic rings. The molecule has 2 aromatic carbocycles. The van der Waals surface area contributed by atoms with Crippen LogP contribution in [0.3, 0.4) is 0 Å². The molecular formula is C20H25FN2O3S. The van der Waals surface area contributed by atoms with E-state index < -0.39 is 15.8 Å². The van der Waals surface area contributed by atoms with Gasteiger partial charge in [0.25, 0.3) is 0 Å². The third kappa shape index (κ3) is 4.66. The maximum atomic E-state index is 13.8. The smallest absolute Gasteiger partial charge is 0.243 e. The second-order valence-corrected chi connectivity index (χ2v) is 8.55. The van der Waals surface area contributed by atoms with Gasteiger partial charge in [-0.1, -0.05) is 30.7 Å². The van der Waals surface area contributed by atoms with Crippen molar-refractivity contribution in [2.24, 2.45) is 0 Å². The molecule has 7 heteroatoms. The van der Waals surface area contributed by atoms with E-state index in [0.717, 1.165) is 30.4 Å². The van der Waals surface area contributed by atoms with Crippen LogP contribution in [0.15, 0.2) is 47.4 Å². The van der Waals surface area contributed by atoms with Crippen LogP contribution in [0, 0.1) is 5.82 Å². The molecule has 2 aromatic rings. The largest absolute Gasteiger partial charge is 0.494 e. The summed E-state index contributed by atoms with van der Waals surface area (Å²) in [5.41, 5.74) is 1.49. The van der Waals surface area contributed by atoms with Gasteiger partial charge in [0.15, 0.2) is 11.6 Å². The van der Waals surface area contributed by atoms with Crippen molar-refractivity contribution in [3.8, 4) is 5.75 Å². The summed E-state index contributed by atoms with van der Waals surface area (Å²) >= 11 is 0. The molecule has 0 saturated carbocycles. The molecular weight excluding hydrogens is 367 g/mol. The number of methoxy groups -OCH3 is 1. The SMILES string of the molecule is COc1ccc(CNCc2ccccc2S(=O)(=O)N2CCCCC2)cc1F. The molecule has 3 rings (SSSR count). The molecule has 0 bridgehead atoms. The van der Waals surface area contributed by atoms with Gasteiger partial charge in [-0.25, -0.2) is 12.8 Å².